The number of carbonyl (C=O) groups is 2. The van der Waals surface area contributed by atoms with Crippen molar-refractivity contribution in [3.63, 3.8) is 0 Å². The number of halogens is 4. The number of nitrogens with one attached hydrogen (secondary N) is 1. The molecule has 0 atom stereocenters. The number of anilines is 1. The Hall–Kier alpha value is -2.19. The fraction of sp³-hybridized carbons (Fsp3) is 0.125. The second-order valence-corrected chi connectivity index (χ2v) is 6.20. The summed E-state index contributed by atoms with van der Waals surface area (Å²) in [4.78, 5) is 23.7. The van der Waals surface area contributed by atoms with E-state index in [9.17, 15) is 22.8 Å². The lowest BCUT2D eigenvalue weighted by Gasteiger charge is -2.12. The van der Waals surface area contributed by atoms with Crippen LogP contribution in [0.25, 0.3) is 0 Å². The molecule has 0 fully saturated rings. The predicted molar refractivity (Wildman–Crippen MR) is 89.1 cm³/mol. The van der Waals surface area contributed by atoms with Crippen molar-refractivity contribution in [1.29, 1.82) is 0 Å². The molecule has 1 N–H and O–H groups in total. The van der Waals surface area contributed by atoms with Crippen LogP contribution >= 0.6 is 23.4 Å². The highest BCUT2D eigenvalue weighted by molar-refractivity contribution is 8.00. The van der Waals surface area contributed by atoms with Gasteiger partial charge in [-0.15, -0.1) is 0 Å². The average molecular weight is 390 g/mol. The van der Waals surface area contributed by atoms with Crippen LogP contribution in [0.15, 0.2) is 47.4 Å². The van der Waals surface area contributed by atoms with E-state index in [1.807, 2.05) is 0 Å². The monoisotopic (exact) mass is 389 g/mol. The number of thioether (sulfide) groups is 1. The minimum Gasteiger partial charge on any atom is -0.465 e. The van der Waals surface area contributed by atoms with Gasteiger partial charge in [-0.05, 0) is 42.1 Å². The van der Waals surface area contributed by atoms with Gasteiger partial charge in [0.15, 0.2) is 0 Å². The summed E-state index contributed by atoms with van der Waals surface area (Å²) < 4.78 is 42.4. The third-order valence-electron chi connectivity index (χ3n) is 2.99. The first-order valence-corrected chi connectivity index (χ1v) is 7.94. The van der Waals surface area contributed by atoms with Gasteiger partial charge >= 0.3 is 11.5 Å². The molecule has 0 heterocycles. The van der Waals surface area contributed by atoms with Crippen LogP contribution in [-0.2, 0) is 4.74 Å². The van der Waals surface area contributed by atoms with E-state index in [2.05, 4.69) is 10.1 Å². The maximum atomic E-state index is 12.6. The Morgan fingerprint density at radius 3 is 2.48 bits per heavy atom. The molecule has 0 radical (unpaired) electrons. The molecule has 0 spiro atoms. The van der Waals surface area contributed by atoms with Crippen LogP contribution in [0, 0.1) is 0 Å². The van der Waals surface area contributed by atoms with Crippen LogP contribution in [0.2, 0.25) is 5.02 Å². The molecule has 0 saturated heterocycles. The van der Waals surface area contributed by atoms with Gasteiger partial charge in [0.1, 0.15) is 0 Å². The second kappa shape index (κ2) is 7.79. The average Bonchev–Trinajstić information content (AvgIpc) is 2.55. The zero-order valence-corrected chi connectivity index (χ0v) is 14.3. The summed E-state index contributed by atoms with van der Waals surface area (Å²) in [5.74, 6) is -1.42. The van der Waals surface area contributed by atoms with E-state index in [4.69, 9.17) is 11.6 Å². The van der Waals surface area contributed by atoms with Gasteiger partial charge in [-0.3, -0.25) is 4.79 Å². The van der Waals surface area contributed by atoms with Crippen LogP contribution < -0.4 is 5.32 Å². The van der Waals surface area contributed by atoms with Gasteiger partial charge in [-0.25, -0.2) is 4.79 Å². The summed E-state index contributed by atoms with van der Waals surface area (Å²) in [6, 6.07) is 9.36. The topological polar surface area (TPSA) is 55.4 Å². The van der Waals surface area contributed by atoms with Crippen molar-refractivity contribution in [3.8, 4) is 0 Å². The molecule has 132 valence electrons. The Labute approximate surface area is 150 Å². The molecule has 2 aromatic rings. The molecule has 9 heteroatoms. The molecule has 1 amide bonds. The van der Waals surface area contributed by atoms with E-state index in [0.717, 1.165) is 0 Å². The zero-order chi connectivity index (χ0) is 18.6. The zero-order valence-electron chi connectivity index (χ0n) is 12.7. The Bertz CT molecular complexity index is 811. The molecule has 0 saturated carbocycles. The van der Waals surface area contributed by atoms with Gasteiger partial charge in [-0.2, -0.15) is 13.2 Å². The number of methoxy groups -OCH3 is 1. The summed E-state index contributed by atoms with van der Waals surface area (Å²) in [7, 11) is 1.19. The molecule has 0 bridgehead atoms. The van der Waals surface area contributed by atoms with Crippen molar-refractivity contribution < 1.29 is 27.5 Å². The number of benzene rings is 2. The van der Waals surface area contributed by atoms with Gasteiger partial charge in [0, 0.05) is 4.90 Å². The van der Waals surface area contributed by atoms with Crippen molar-refractivity contribution in [2.24, 2.45) is 0 Å². The summed E-state index contributed by atoms with van der Waals surface area (Å²) in [5.41, 5.74) is -4.47. The van der Waals surface area contributed by atoms with Crippen molar-refractivity contribution >= 4 is 40.9 Å². The van der Waals surface area contributed by atoms with Crippen LogP contribution in [0.3, 0.4) is 0 Å². The Morgan fingerprint density at radius 2 is 1.84 bits per heavy atom. The number of rotatable bonds is 4. The highest BCUT2D eigenvalue weighted by Gasteiger charge is 2.31. The molecule has 0 unspecified atom stereocenters. The number of hydrogen-bond acceptors (Lipinski definition) is 4. The van der Waals surface area contributed by atoms with Crippen molar-refractivity contribution in [2.75, 3.05) is 12.4 Å². The number of esters is 1. The Morgan fingerprint density at radius 1 is 1.16 bits per heavy atom. The van der Waals surface area contributed by atoms with E-state index in [1.54, 1.807) is 0 Å². The maximum absolute atomic E-state index is 12.6. The number of alkyl halides is 3. The summed E-state index contributed by atoms with van der Waals surface area (Å²) in [5, 5.41) is 2.54. The van der Waals surface area contributed by atoms with E-state index >= 15 is 0 Å². The number of ether oxygens (including phenoxy) is 1. The quantitative estimate of drug-likeness (QED) is 0.591. The molecular weight excluding hydrogens is 379 g/mol. The molecule has 4 nitrogen and oxygen atoms in total. The second-order valence-electron chi connectivity index (χ2n) is 4.68. The minimum atomic E-state index is -4.53. The van der Waals surface area contributed by atoms with Crippen molar-refractivity contribution in [3.05, 3.63) is 58.6 Å². The van der Waals surface area contributed by atoms with Gasteiger partial charge in [0.2, 0.25) is 0 Å². The summed E-state index contributed by atoms with van der Waals surface area (Å²) >= 11 is 5.58. The van der Waals surface area contributed by atoms with Crippen LogP contribution in [0.4, 0.5) is 18.9 Å². The highest BCUT2D eigenvalue weighted by Crippen LogP contribution is 2.38. The van der Waals surface area contributed by atoms with Gasteiger partial charge in [0.25, 0.3) is 5.91 Å². The lowest BCUT2D eigenvalue weighted by atomic mass is 10.1. The lowest BCUT2D eigenvalue weighted by Crippen LogP contribution is -2.15. The molecule has 0 aliphatic heterocycles. The van der Waals surface area contributed by atoms with Crippen LogP contribution in [0.1, 0.15) is 20.7 Å². The van der Waals surface area contributed by atoms with Crippen molar-refractivity contribution in [1.82, 2.24) is 0 Å². The van der Waals surface area contributed by atoms with Crippen LogP contribution in [-0.4, -0.2) is 24.5 Å². The van der Waals surface area contributed by atoms with Crippen LogP contribution in [0.5, 0.6) is 0 Å². The van der Waals surface area contributed by atoms with E-state index in [0.29, 0.717) is 0 Å². The molecule has 0 aliphatic rings. The van der Waals surface area contributed by atoms with E-state index < -0.39 is 17.4 Å². The van der Waals surface area contributed by atoms with E-state index in [1.165, 1.54) is 49.6 Å². The molecule has 2 rings (SSSR count). The largest absolute Gasteiger partial charge is 0.465 e. The minimum absolute atomic E-state index is 0.0846. The highest BCUT2D eigenvalue weighted by atomic mass is 35.5. The summed E-state index contributed by atoms with van der Waals surface area (Å²) in [6.07, 6.45) is 0. The molecule has 0 aliphatic carbocycles. The number of carbonyl (C=O) groups excluding carboxylic acids is 2. The first-order valence-electron chi connectivity index (χ1n) is 6.75. The fourth-order valence-electron chi connectivity index (χ4n) is 1.92. The maximum Gasteiger partial charge on any atom is 0.446 e. The first kappa shape index (κ1) is 19.1. The standard InChI is InChI=1S/C16H11ClF3NO3S/c1-24-15(23)9-6-7-11(17)12(8-9)21-14(22)10-4-2-3-5-13(10)25-16(18,19)20/h2-8H,1H3,(H,21,22). The molecule has 2 aromatic carbocycles. The Balaban J connectivity index is 2.30. The molecule has 25 heavy (non-hydrogen) atoms. The molecule has 0 aromatic heterocycles. The third kappa shape index (κ3) is 5.14. The van der Waals surface area contributed by atoms with E-state index in [-0.39, 0.29) is 38.5 Å². The fourth-order valence-corrected chi connectivity index (χ4v) is 2.75. The predicted octanol–water partition coefficient (Wildman–Crippen LogP) is 4.99. The SMILES string of the molecule is COC(=O)c1ccc(Cl)c(NC(=O)c2ccccc2SC(F)(F)F)c1. The smallest absolute Gasteiger partial charge is 0.446 e. The number of hydrogen-bond donors (Lipinski definition) is 1. The number of amides is 1. The van der Waals surface area contributed by atoms with Crippen molar-refractivity contribution in [2.45, 2.75) is 10.4 Å². The normalized spacial score (nSPS) is 11.1. The summed E-state index contributed by atoms with van der Waals surface area (Å²) in [6.45, 7) is 0. The lowest BCUT2D eigenvalue weighted by molar-refractivity contribution is -0.0328. The third-order valence-corrected chi connectivity index (χ3v) is 4.13. The van der Waals surface area contributed by atoms with Gasteiger partial charge in [-0.1, -0.05) is 23.7 Å². The van der Waals surface area contributed by atoms with Gasteiger partial charge < -0.3 is 10.1 Å². The van der Waals surface area contributed by atoms with Gasteiger partial charge in [0.05, 0.1) is 28.9 Å². The molecular formula is C16H11ClF3NO3S. The Kier molecular flexibility index (Phi) is 5.97. The first-order chi connectivity index (χ1) is 11.7.